The number of hydrogen-bond donors (Lipinski definition) is 1. The van der Waals surface area contributed by atoms with E-state index in [1.807, 2.05) is 0 Å². The second kappa shape index (κ2) is 7.28. The summed E-state index contributed by atoms with van der Waals surface area (Å²) >= 11 is 0. The van der Waals surface area contributed by atoms with E-state index in [1.165, 1.54) is 24.7 Å². The van der Waals surface area contributed by atoms with Crippen LogP contribution in [0.4, 0.5) is 17.6 Å². The van der Waals surface area contributed by atoms with Crippen molar-refractivity contribution < 1.29 is 39.6 Å². The van der Waals surface area contributed by atoms with Gasteiger partial charge in [0.2, 0.25) is 0 Å². The lowest BCUT2D eigenvalue weighted by atomic mass is 9.80. The quantitative estimate of drug-likeness (QED) is 0.333. The molecule has 14 heteroatoms. The van der Waals surface area contributed by atoms with Crippen molar-refractivity contribution in [1.29, 1.82) is 0 Å². The van der Waals surface area contributed by atoms with E-state index in [4.69, 9.17) is 15.2 Å². The third-order valence-electron chi connectivity index (χ3n) is 5.18. The Morgan fingerprint density at radius 2 is 1.91 bits per heavy atom. The van der Waals surface area contributed by atoms with E-state index in [1.54, 1.807) is 12.1 Å². The lowest BCUT2D eigenvalue weighted by Crippen LogP contribution is -2.32. The maximum Gasteiger partial charge on any atom is 0.534 e. The molecule has 0 bridgehead atoms. The summed E-state index contributed by atoms with van der Waals surface area (Å²) in [4.78, 5) is 12.5. The van der Waals surface area contributed by atoms with E-state index in [2.05, 4.69) is 19.1 Å². The molecule has 34 heavy (non-hydrogen) atoms. The Bertz CT molecular complexity index is 1450. The van der Waals surface area contributed by atoms with E-state index in [9.17, 15) is 26.0 Å². The predicted molar refractivity (Wildman–Crippen MR) is 108 cm³/mol. The molecule has 1 aromatic heterocycles. The molecule has 2 aliphatic rings. The summed E-state index contributed by atoms with van der Waals surface area (Å²) in [5, 5.41) is 0. The fourth-order valence-electron chi connectivity index (χ4n) is 3.71. The highest BCUT2D eigenvalue weighted by molar-refractivity contribution is 7.88. The smallest absolute Gasteiger partial charge is 0.462 e. The summed E-state index contributed by atoms with van der Waals surface area (Å²) in [6.07, 6.45) is 4.46. The van der Waals surface area contributed by atoms with E-state index in [-0.39, 0.29) is 23.9 Å². The SMILES string of the molecule is NC1=N[C@@]2(CO1)c1cc(-c3cnccn3)ccc1Oc1c(F)cc(OS(=O)(=O)C(F)(F)F)cc12. The molecule has 9 nitrogen and oxygen atoms in total. The van der Waals surface area contributed by atoms with Crippen molar-refractivity contribution in [3.63, 3.8) is 0 Å². The highest BCUT2D eigenvalue weighted by atomic mass is 32.2. The summed E-state index contributed by atoms with van der Waals surface area (Å²) in [6.45, 7) is -0.263. The fourth-order valence-corrected chi connectivity index (χ4v) is 4.16. The first-order chi connectivity index (χ1) is 16.0. The Kier molecular flexibility index (Phi) is 4.69. The minimum atomic E-state index is -6.06. The number of fused-ring (bicyclic) bond motifs is 4. The molecule has 1 spiro atoms. The Hall–Kier alpha value is -3.94. The molecule has 3 heterocycles. The van der Waals surface area contributed by atoms with Gasteiger partial charge in [-0.1, -0.05) is 0 Å². The third-order valence-corrected chi connectivity index (χ3v) is 6.16. The Balaban J connectivity index is 1.70. The van der Waals surface area contributed by atoms with Gasteiger partial charge in [0.15, 0.2) is 17.1 Å². The lowest BCUT2D eigenvalue weighted by molar-refractivity contribution is -0.0500. The number of amidine groups is 1. The molecule has 0 radical (unpaired) electrons. The number of ether oxygens (including phenoxy) is 2. The molecule has 5 rings (SSSR count). The van der Waals surface area contributed by atoms with Crippen molar-refractivity contribution in [1.82, 2.24) is 9.97 Å². The average Bonchev–Trinajstić information content (AvgIpc) is 3.16. The Morgan fingerprint density at radius 1 is 1.12 bits per heavy atom. The summed E-state index contributed by atoms with van der Waals surface area (Å²) in [6, 6.07) is 5.90. The summed E-state index contributed by atoms with van der Waals surface area (Å²) in [5.41, 5.74) is -0.286. The molecule has 1 atom stereocenters. The molecule has 0 saturated carbocycles. The van der Waals surface area contributed by atoms with Crippen LogP contribution in [-0.4, -0.2) is 36.5 Å². The molecule has 0 unspecified atom stereocenters. The predicted octanol–water partition coefficient (Wildman–Crippen LogP) is 3.21. The van der Waals surface area contributed by atoms with E-state index < -0.39 is 38.5 Å². The van der Waals surface area contributed by atoms with Crippen LogP contribution in [0, 0.1) is 5.82 Å². The number of benzene rings is 2. The zero-order chi connectivity index (χ0) is 24.3. The van der Waals surface area contributed by atoms with Gasteiger partial charge in [-0.3, -0.25) is 9.97 Å². The molecule has 0 aliphatic carbocycles. The Labute approximate surface area is 189 Å². The second-order valence-corrected chi connectivity index (χ2v) is 8.81. The normalized spacial score (nSPS) is 19.0. The standard InChI is InChI=1S/C20H12F4N4O5S/c21-14-7-11(33-34(29,30)20(22,23)24)6-13-17(14)32-16-2-1-10(15-8-26-3-4-27-15)5-12(16)19(13)9-31-18(25)28-19/h1-8H,9H2,(H2,25,28)/t19-/m0/s1. The van der Waals surface area contributed by atoms with Crippen molar-refractivity contribution in [2.24, 2.45) is 10.7 Å². The Morgan fingerprint density at radius 3 is 2.56 bits per heavy atom. The molecular weight excluding hydrogens is 484 g/mol. The number of hydrogen-bond acceptors (Lipinski definition) is 9. The summed E-state index contributed by atoms with van der Waals surface area (Å²) < 4.78 is 91.5. The molecule has 2 aliphatic heterocycles. The maximum absolute atomic E-state index is 15.0. The van der Waals surface area contributed by atoms with Gasteiger partial charge in [-0.15, -0.1) is 0 Å². The maximum atomic E-state index is 15.0. The van der Waals surface area contributed by atoms with E-state index in [0.29, 0.717) is 22.9 Å². The third kappa shape index (κ3) is 3.37. The van der Waals surface area contributed by atoms with E-state index in [0.717, 1.165) is 6.07 Å². The first kappa shape index (κ1) is 21.9. The minimum absolute atomic E-state index is 0.135. The van der Waals surface area contributed by atoms with Gasteiger partial charge in [-0.25, -0.2) is 9.38 Å². The van der Waals surface area contributed by atoms with Crippen molar-refractivity contribution >= 4 is 16.1 Å². The molecule has 2 aromatic carbocycles. The zero-order valence-corrected chi connectivity index (χ0v) is 17.5. The van der Waals surface area contributed by atoms with Crippen LogP contribution >= 0.6 is 0 Å². The van der Waals surface area contributed by atoms with Crippen LogP contribution in [0.2, 0.25) is 0 Å². The first-order valence-corrected chi connectivity index (χ1v) is 10.8. The minimum Gasteiger partial charge on any atom is -0.462 e. The van der Waals surface area contributed by atoms with Crippen molar-refractivity contribution in [2.75, 3.05) is 6.61 Å². The van der Waals surface area contributed by atoms with Crippen molar-refractivity contribution in [3.8, 4) is 28.5 Å². The number of halogens is 4. The summed E-state index contributed by atoms with van der Waals surface area (Å²) in [7, 11) is -6.06. The summed E-state index contributed by atoms with van der Waals surface area (Å²) in [5.74, 6) is -2.31. The van der Waals surface area contributed by atoms with Crippen LogP contribution in [0.15, 0.2) is 53.9 Å². The van der Waals surface area contributed by atoms with Gasteiger partial charge in [0, 0.05) is 35.2 Å². The zero-order valence-electron chi connectivity index (χ0n) is 16.7. The molecule has 3 aromatic rings. The number of nitrogens with two attached hydrogens (primary N) is 1. The monoisotopic (exact) mass is 496 g/mol. The molecule has 0 saturated heterocycles. The van der Waals surface area contributed by atoms with Crippen molar-refractivity contribution in [3.05, 3.63) is 65.9 Å². The van der Waals surface area contributed by atoms with Gasteiger partial charge >= 0.3 is 15.6 Å². The van der Waals surface area contributed by atoms with Gasteiger partial charge in [0.25, 0.3) is 6.02 Å². The van der Waals surface area contributed by atoms with Gasteiger partial charge in [0.1, 0.15) is 18.1 Å². The number of alkyl halides is 3. The van der Waals surface area contributed by atoms with Crippen LogP contribution in [0.3, 0.4) is 0 Å². The van der Waals surface area contributed by atoms with Gasteiger partial charge < -0.3 is 19.4 Å². The second-order valence-electron chi connectivity index (χ2n) is 7.27. The number of rotatable bonds is 3. The number of aliphatic imine (C=N–C) groups is 1. The average molecular weight is 496 g/mol. The largest absolute Gasteiger partial charge is 0.534 e. The van der Waals surface area contributed by atoms with Gasteiger partial charge in [-0.05, 0) is 24.3 Å². The van der Waals surface area contributed by atoms with Gasteiger partial charge in [0.05, 0.1) is 11.9 Å². The first-order valence-electron chi connectivity index (χ1n) is 9.42. The molecular formula is C20H12F4N4O5S. The van der Waals surface area contributed by atoms with Crippen LogP contribution in [0.25, 0.3) is 11.3 Å². The number of nitrogens with zero attached hydrogens (tertiary/aromatic N) is 3. The molecule has 2 N–H and O–H groups in total. The highest BCUT2D eigenvalue weighted by Crippen LogP contribution is 2.53. The highest BCUT2D eigenvalue weighted by Gasteiger charge is 2.51. The lowest BCUT2D eigenvalue weighted by Gasteiger charge is -2.34. The van der Waals surface area contributed by atoms with Crippen LogP contribution < -0.4 is 14.7 Å². The van der Waals surface area contributed by atoms with E-state index >= 15 is 0 Å². The molecule has 0 fully saturated rings. The van der Waals surface area contributed by atoms with Crippen LogP contribution in [0.1, 0.15) is 11.1 Å². The molecule has 176 valence electrons. The van der Waals surface area contributed by atoms with Gasteiger partial charge in [-0.2, -0.15) is 21.6 Å². The van der Waals surface area contributed by atoms with Crippen LogP contribution in [0.5, 0.6) is 17.2 Å². The van der Waals surface area contributed by atoms with Crippen LogP contribution in [-0.2, 0) is 20.4 Å². The number of aromatic nitrogens is 2. The topological polar surface area (TPSA) is 126 Å². The molecule has 0 amide bonds. The van der Waals surface area contributed by atoms with Crippen molar-refractivity contribution in [2.45, 2.75) is 11.0 Å². The fraction of sp³-hybridized carbons (Fsp3) is 0.150.